The van der Waals surface area contributed by atoms with E-state index in [4.69, 9.17) is 8.85 Å². The number of Topliss-reactive ketones (excluding diaryl/α,β-unsaturated/α-hetero) is 1. The van der Waals surface area contributed by atoms with Gasteiger partial charge in [-0.15, -0.1) is 0 Å². The molecule has 0 aliphatic carbocycles. The lowest BCUT2D eigenvalue weighted by atomic mass is 10.0. The van der Waals surface area contributed by atoms with Gasteiger partial charge in [0.05, 0.1) is 12.7 Å². The molecule has 1 N–H and O–H groups in total. The molecule has 0 aromatic heterocycles. The number of carbonyl (C=O) groups excluding carboxylic acids is 1. The van der Waals surface area contributed by atoms with Gasteiger partial charge in [-0.05, 0) is 42.7 Å². The molecule has 0 saturated heterocycles. The fraction of sp³-hybridized carbons (Fsp3) is 0.952. The van der Waals surface area contributed by atoms with Crippen LogP contribution in [-0.2, 0) is 13.6 Å². The molecule has 0 spiro atoms. The van der Waals surface area contributed by atoms with E-state index >= 15 is 0 Å². The topological polar surface area (TPSA) is 55.8 Å². The second-order valence-electron chi connectivity index (χ2n) is 10.9. The van der Waals surface area contributed by atoms with Crippen molar-refractivity contribution in [3.05, 3.63) is 0 Å². The van der Waals surface area contributed by atoms with E-state index in [1.807, 2.05) is 0 Å². The van der Waals surface area contributed by atoms with Gasteiger partial charge in [0.15, 0.2) is 22.4 Å². The predicted octanol–water partition coefficient (Wildman–Crippen LogP) is 5.91. The zero-order valence-corrected chi connectivity index (χ0v) is 21.9. The van der Waals surface area contributed by atoms with Gasteiger partial charge in [-0.25, -0.2) is 0 Å². The van der Waals surface area contributed by atoms with Gasteiger partial charge in [0.1, 0.15) is 6.10 Å². The maximum absolute atomic E-state index is 13.0. The fourth-order valence-corrected chi connectivity index (χ4v) is 4.37. The van der Waals surface area contributed by atoms with Gasteiger partial charge < -0.3 is 14.0 Å². The first kappa shape index (κ1) is 27.0. The molecular weight excluding hydrogens is 372 g/mol. The Labute approximate surface area is 170 Å². The molecular formula is C21H46O4Si2. The zero-order chi connectivity index (χ0) is 21.7. The number of carbonyl (C=O) groups is 1. The first-order chi connectivity index (χ1) is 12.0. The first-order valence-electron chi connectivity index (χ1n) is 10.5. The Bertz CT molecular complexity index is 462. The largest absolute Gasteiger partial charge is 0.409 e. The van der Waals surface area contributed by atoms with Crippen molar-refractivity contribution < 1.29 is 18.8 Å². The Hall–Kier alpha value is -0.0162. The smallest absolute Gasteiger partial charge is 0.193 e. The van der Waals surface area contributed by atoms with Crippen LogP contribution in [0.4, 0.5) is 0 Å². The van der Waals surface area contributed by atoms with E-state index in [0.29, 0.717) is 6.42 Å². The van der Waals surface area contributed by atoms with Crippen molar-refractivity contribution in [3.8, 4) is 0 Å². The van der Waals surface area contributed by atoms with Crippen molar-refractivity contribution in [2.45, 2.75) is 123 Å². The minimum Gasteiger partial charge on any atom is -0.409 e. The molecule has 0 amide bonds. The summed E-state index contributed by atoms with van der Waals surface area (Å²) in [5, 5.41) is 10.8. The minimum absolute atomic E-state index is 0.0189. The van der Waals surface area contributed by atoms with Gasteiger partial charge in [0, 0.05) is 0 Å². The van der Waals surface area contributed by atoms with Crippen LogP contribution in [0, 0.1) is 0 Å². The summed E-state index contributed by atoms with van der Waals surface area (Å²) in [6, 6.07) is 0. The molecule has 4 nitrogen and oxygen atoms in total. The Kier molecular flexibility index (Phi) is 10.1. The standard InChI is InChI=1S/C21H46O4Si2/c1-12-13-14-15-17(22)19(25-27(10,11)21(5,6)7)18(23)16-24-26(8,9)20(2,3)4/h17,19,22H,12-16H2,1-11H3/t17-,19+/m0/s1. The summed E-state index contributed by atoms with van der Waals surface area (Å²) in [5.41, 5.74) is 0. The molecule has 0 saturated carbocycles. The molecule has 0 heterocycles. The van der Waals surface area contributed by atoms with E-state index in [1.165, 1.54) is 0 Å². The van der Waals surface area contributed by atoms with Gasteiger partial charge in [-0.2, -0.15) is 0 Å². The highest BCUT2D eigenvalue weighted by atomic mass is 28.4. The summed E-state index contributed by atoms with van der Waals surface area (Å²) >= 11 is 0. The monoisotopic (exact) mass is 418 g/mol. The lowest BCUT2D eigenvalue weighted by Gasteiger charge is -2.40. The number of hydrogen-bond acceptors (Lipinski definition) is 4. The highest BCUT2D eigenvalue weighted by molar-refractivity contribution is 6.74. The van der Waals surface area contributed by atoms with Crippen molar-refractivity contribution in [2.24, 2.45) is 0 Å². The summed E-state index contributed by atoms with van der Waals surface area (Å²) in [6.07, 6.45) is 2.10. The Balaban J connectivity index is 5.31. The van der Waals surface area contributed by atoms with Crippen molar-refractivity contribution in [1.82, 2.24) is 0 Å². The molecule has 0 fully saturated rings. The molecule has 6 heteroatoms. The van der Waals surface area contributed by atoms with Crippen LogP contribution in [0.5, 0.6) is 0 Å². The van der Waals surface area contributed by atoms with Crippen LogP contribution < -0.4 is 0 Å². The second-order valence-corrected chi connectivity index (χ2v) is 20.4. The number of unbranched alkanes of at least 4 members (excludes halogenated alkanes) is 2. The van der Waals surface area contributed by atoms with Crippen molar-refractivity contribution in [1.29, 1.82) is 0 Å². The van der Waals surface area contributed by atoms with Crippen molar-refractivity contribution in [3.63, 3.8) is 0 Å². The number of aliphatic hydroxyl groups excluding tert-OH is 1. The van der Waals surface area contributed by atoms with Crippen LogP contribution in [0.3, 0.4) is 0 Å². The maximum atomic E-state index is 13.0. The van der Waals surface area contributed by atoms with Crippen molar-refractivity contribution >= 4 is 22.4 Å². The molecule has 27 heavy (non-hydrogen) atoms. The lowest BCUT2D eigenvalue weighted by Crippen LogP contribution is -2.52. The predicted molar refractivity (Wildman–Crippen MR) is 120 cm³/mol. The Morgan fingerprint density at radius 1 is 0.926 bits per heavy atom. The molecule has 0 bridgehead atoms. The van der Waals surface area contributed by atoms with Gasteiger partial charge in [0.2, 0.25) is 0 Å². The highest BCUT2D eigenvalue weighted by Gasteiger charge is 2.43. The first-order valence-corrected chi connectivity index (χ1v) is 16.3. The Morgan fingerprint density at radius 2 is 1.41 bits per heavy atom. The third kappa shape index (κ3) is 8.48. The maximum Gasteiger partial charge on any atom is 0.193 e. The lowest BCUT2D eigenvalue weighted by molar-refractivity contribution is -0.134. The molecule has 0 rings (SSSR count). The summed E-state index contributed by atoms with van der Waals surface area (Å²) in [6.45, 7) is 23.6. The molecule has 0 aliphatic rings. The van der Waals surface area contributed by atoms with Crippen LogP contribution in [0.2, 0.25) is 36.3 Å². The van der Waals surface area contributed by atoms with Gasteiger partial charge in [0.25, 0.3) is 0 Å². The number of ketones is 1. The molecule has 2 atom stereocenters. The summed E-state index contributed by atoms with van der Waals surface area (Å²) in [7, 11) is -4.20. The molecule has 162 valence electrons. The summed E-state index contributed by atoms with van der Waals surface area (Å²) < 4.78 is 12.5. The second kappa shape index (κ2) is 10.1. The van der Waals surface area contributed by atoms with Crippen molar-refractivity contribution in [2.75, 3.05) is 6.61 Å². The van der Waals surface area contributed by atoms with E-state index in [9.17, 15) is 9.90 Å². The van der Waals surface area contributed by atoms with Crippen LogP contribution in [0.15, 0.2) is 0 Å². The van der Waals surface area contributed by atoms with Gasteiger partial charge in [-0.3, -0.25) is 4.79 Å². The quantitative estimate of drug-likeness (QED) is 0.335. The Morgan fingerprint density at radius 3 is 1.81 bits per heavy atom. The SMILES string of the molecule is CCCCC[C@H](O)[C@@H](O[Si](C)(C)C(C)(C)C)C(=O)CO[Si](C)(C)C(C)(C)C. The highest BCUT2D eigenvalue weighted by Crippen LogP contribution is 2.39. The molecule has 0 unspecified atom stereocenters. The summed E-state index contributed by atoms with van der Waals surface area (Å²) in [5.74, 6) is -0.117. The van der Waals surface area contributed by atoms with Crippen LogP contribution in [0.25, 0.3) is 0 Å². The van der Waals surface area contributed by atoms with Gasteiger partial charge >= 0.3 is 0 Å². The molecule has 0 aromatic rings. The van der Waals surface area contributed by atoms with Crippen LogP contribution in [0.1, 0.15) is 74.1 Å². The van der Waals surface area contributed by atoms with E-state index in [0.717, 1.165) is 19.3 Å². The molecule has 0 radical (unpaired) electrons. The van der Waals surface area contributed by atoms with Crippen LogP contribution in [-0.4, -0.2) is 46.3 Å². The average Bonchev–Trinajstić information content (AvgIpc) is 2.48. The summed E-state index contributed by atoms with van der Waals surface area (Å²) in [4.78, 5) is 13.0. The third-order valence-electron chi connectivity index (χ3n) is 6.38. The zero-order valence-electron chi connectivity index (χ0n) is 19.9. The number of rotatable bonds is 11. The molecule has 0 aromatic carbocycles. The van der Waals surface area contributed by atoms with E-state index < -0.39 is 28.8 Å². The van der Waals surface area contributed by atoms with Gasteiger partial charge in [-0.1, -0.05) is 67.7 Å². The van der Waals surface area contributed by atoms with E-state index in [1.54, 1.807) is 0 Å². The average molecular weight is 419 g/mol. The van der Waals surface area contributed by atoms with E-state index in [-0.39, 0.29) is 22.5 Å². The fourth-order valence-electron chi connectivity index (χ4n) is 2.16. The normalized spacial score (nSPS) is 16.3. The molecule has 0 aliphatic heterocycles. The third-order valence-corrected chi connectivity index (χ3v) is 15.3. The minimum atomic E-state index is -2.18. The number of hydrogen-bond donors (Lipinski definition) is 1. The van der Waals surface area contributed by atoms with Crippen LogP contribution >= 0.6 is 0 Å². The number of aliphatic hydroxyl groups is 1. The van der Waals surface area contributed by atoms with E-state index in [2.05, 4.69) is 74.7 Å².